The van der Waals surface area contributed by atoms with E-state index in [9.17, 15) is 9.59 Å². The second-order valence-corrected chi connectivity index (χ2v) is 7.48. The largest absolute Gasteiger partial charge is 0.495 e. The van der Waals surface area contributed by atoms with E-state index in [4.69, 9.17) is 4.74 Å². The first-order chi connectivity index (χ1) is 11.3. The van der Waals surface area contributed by atoms with Crippen LogP contribution in [-0.2, 0) is 9.59 Å². The lowest BCUT2D eigenvalue weighted by molar-refractivity contribution is -0.129. The Morgan fingerprint density at radius 2 is 1.54 bits per heavy atom. The van der Waals surface area contributed by atoms with Crippen molar-refractivity contribution in [1.82, 2.24) is 5.32 Å². The zero-order valence-electron chi connectivity index (χ0n) is 15.0. The van der Waals surface area contributed by atoms with Crippen molar-refractivity contribution in [2.75, 3.05) is 12.4 Å². The van der Waals surface area contributed by atoms with Crippen LogP contribution in [0.4, 0.5) is 5.69 Å². The predicted molar refractivity (Wildman–Crippen MR) is 95.0 cm³/mol. The van der Waals surface area contributed by atoms with Gasteiger partial charge in [0.25, 0.3) is 0 Å². The van der Waals surface area contributed by atoms with Crippen molar-refractivity contribution in [3.05, 3.63) is 24.3 Å². The summed E-state index contributed by atoms with van der Waals surface area (Å²) in [5.41, 5.74) is 0.479. The van der Waals surface area contributed by atoms with Crippen LogP contribution in [0.5, 0.6) is 5.75 Å². The highest BCUT2D eigenvalue weighted by Crippen LogP contribution is 2.31. The molecule has 5 heteroatoms. The lowest BCUT2D eigenvalue weighted by Crippen LogP contribution is -2.45. The Balaban J connectivity index is 1.88. The molecule has 132 valence electrons. The first-order valence-electron chi connectivity index (χ1n) is 8.56. The van der Waals surface area contributed by atoms with Gasteiger partial charge < -0.3 is 15.4 Å². The maximum atomic E-state index is 12.5. The number of hydrogen-bond donors (Lipinski definition) is 2. The van der Waals surface area contributed by atoms with E-state index >= 15 is 0 Å². The minimum atomic E-state index is -0.213. The Bertz CT molecular complexity index is 585. The number of anilines is 1. The van der Waals surface area contributed by atoms with E-state index in [2.05, 4.69) is 10.6 Å². The third kappa shape index (κ3) is 4.98. The third-order valence-corrected chi connectivity index (χ3v) is 4.33. The molecule has 0 unspecified atom stereocenters. The van der Waals surface area contributed by atoms with Crippen molar-refractivity contribution in [2.24, 2.45) is 11.8 Å². The van der Waals surface area contributed by atoms with Crippen LogP contribution >= 0.6 is 0 Å². The van der Waals surface area contributed by atoms with Gasteiger partial charge in [0.2, 0.25) is 11.8 Å². The summed E-state index contributed by atoms with van der Waals surface area (Å²) in [5.74, 6) is 0.734. The number of nitrogens with one attached hydrogen (secondary N) is 2. The van der Waals surface area contributed by atoms with Gasteiger partial charge in [-0.1, -0.05) is 12.1 Å². The number of para-hydroxylation sites is 2. The number of methoxy groups -OCH3 is 1. The second-order valence-electron chi connectivity index (χ2n) is 7.48. The first kappa shape index (κ1) is 18.3. The van der Waals surface area contributed by atoms with Crippen molar-refractivity contribution in [3.63, 3.8) is 0 Å². The number of carbonyl (C=O) groups excluding carboxylic acids is 2. The van der Waals surface area contributed by atoms with E-state index in [-0.39, 0.29) is 29.2 Å². The summed E-state index contributed by atoms with van der Waals surface area (Å²) in [6.45, 7) is 5.95. The fourth-order valence-corrected chi connectivity index (χ4v) is 3.07. The van der Waals surface area contributed by atoms with E-state index in [1.165, 1.54) is 0 Å². The van der Waals surface area contributed by atoms with E-state index in [1.54, 1.807) is 7.11 Å². The Kier molecular flexibility index (Phi) is 5.86. The molecular weight excluding hydrogens is 304 g/mol. The fourth-order valence-electron chi connectivity index (χ4n) is 3.07. The SMILES string of the molecule is COc1ccccc1NC(=O)C1CCC(C(=O)NC(C)(C)C)CC1. The molecule has 0 bridgehead atoms. The molecule has 5 nitrogen and oxygen atoms in total. The van der Waals surface area contributed by atoms with E-state index in [1.807, 2.05) is 45.0 Å². The molecule has 0 radical (unpaired) electrons. The molecule has 2 amide bonds. The number of benzene rings is 1. The zero-order valence-corrected chi connectivity index (χ0v) is 15.0. The number of amides is 2. The summed E-state index contributed by atoms with van der Waals surface area (Å²) in [7, 11) is 1.59. The Hall–Kier alpha value is -2.04. The molecule has 1 aliphatic rings. The maximum absolute atomic E-state index is 12.5. The fraction of sp³-hybridized carbons (Fsp3) is 0.579. The third-order valence-electron chi connectivity index (χ3n) is 4.33. The molecule has 1 aromatic carbocycles. The lowest BCUT2D eigenvalue weighted by Gasteiger charge is -2.30. The van der Waals surface area contributed by atoms with Gasteiger partial charge in [-0.15, -0.1) is 0 Å². The Labute approximate surface area is 144 Å². The Morgan fingerprint density at radius 1 is 1.00 bits per heavy atom. The smallest absolute Gasteiger partial charge is 0.227 e. The van der Waals surface area contributed by atoms with Crippen LogP contribution in [0.2, 0.25) is 0 Å². The standard InChI is InChI=1S/C19H28N2O3/c1-19(2,3)21-18(23)14-11-9-13(10-12-14)17(22)20-15-7-5-6-8-16(15)24-4/h5-8,13-14H,9-12H2,1-4H3,(H,20,22)(H,21,23). The molecule has 1 aromatic rings. The number of carbonyl (C=O) groups is 2. The summed E-state index contributed by atoms with van der Waals surface area (Å²) >= 11 is 0. The molecule has 0 aromatic heterocycles. The van der Waals surface area contributed by atoms with Crippen LogP contribution in [0, 0.1) is 11.8 Å². The van der Waals surface area contributed by atoms with Crippen LogP contribution in [0.15, 0.2) is 24.3 Å². The van der Waals surface area contributed by atoms with Gasteiger partial charge in [-0.3, -0.25) is 9.59 Å². The van der Waals surface area contributed by atoms with Crippen LogP contribution < -0.4 is 15.4 Å². The topological polar surface area (TPSA) is 67.4 Å². The van der Waals surface area contributed by atoms with Crippen molar-refractivity contribution >= 4 is 17.5 Å². The highest BCUT2D eigenvalue weighted by atomic mass is 16.5. The van der Waals surface area contributed by atoms with Gasteiger partial charge in [0.15, 0.2) is 0 Å². The Morgan fingerprint density at radius 3 is 2.08 bits per heavy atom. The molecule has 0 heterocycles. The van der Waals surface area contributed by atoms with E-state index in [0.29, 0.717) is 11.4 Å². The predicted octanol–water partition coefficient (Wildman–Crippen LogP) is 3.35. The van der Waals surface area contributed by atoms with Crippen molar-refractivity contribution in [1.29, 1.82) is 0 Å². The van der Waals surface area contributed by atoms with Gasteiger partial charge in [0.05, 0.1) is 12.8 Å². The molecule has 1 fully saturated rings. The van der Waals surface area contributed by atoms with Crippen LogP contribution in [0.1, 0.15) is 46.5 Å². The summed E-state index contributed by atoms with van der Waals surface area (Å²) < 4.78 is 5.26. The van der Waals surface area contributed by atoms with Crippen molar-refractivity contribution in [2.45, 2.75) is 52.0 Å². The quantitative estimate of drug-likeness (QED) is 0.888. The van der Waals surface area contributed by atoms with Gasteiger partial charge in [-0.05, 0) is 58.6 Å². The lowest BCUT2D eigenvalue weighted by atomic mass is 9.81. The minimum Gasteiger partial charge on any atom is -0.495 e. The van der Waals surface area contributed by atoms with E-state index in [0.717, 1.165) is 25.7 Å². The molecule has 2 rings (SSSR count). The molecule has 1 saturated carbocycles. The number of rotatable bonds is 4. The maximum Gasteiger partial charge on any atom is 0.227 e. The average molecular weight is 332 g/mol. The van der Waals surface area contributed by atoms with Gasteiger partial charge in [0.1, 0.15) is 5.75 Å². The summed E-state index contributed by atoms with van der Waals surface area (Å²) in [6.07, 6.45) is 2.99. The average Bonchev–Trinajstić information content (AvgIpc) is 2.54. The number of hydrogen-bond acceptors (Lipinski definition) is 3. The second kappa shape index (κ2) is 7.69. The van der Waals surface area contributed by atoms with Gasteiger partial charge >= 0.3 is 0 Å². The first-order valence-corrected chi connectivity index (χ1v) is 8.56. The van der Waals surface area contributed by atoms with Crippen LogP contribution in [-0.4, -0.2) is 24.5 Å². The molecule has 0 saturated heterocycles. The molecule has 0 atom stereocenters. The van der Waals surface area contributed by atoms with E-state index < -0.39 is 0 Å². The normalized spacial score (nSPS) is 21.0. The summed E-state index contributed by atoms with van der Waals surface area (Å²) in [5, 5.41) is 5.98. The molecule has 2 N–H and O–H groups in total. The summed E-state index contributed by atoms with van der Waals surface area (Å²) in [4.78, 5) is 24.7. The zero-order chi connectivity index (χ0) is 17.7. The van der Waals surface area contributed by atoms with Crippen LogP contribution in [0.3, 0.4) is 0 Å². The minimum absolute atomic E-state index is 0.00850. The molecular formula is C19H28N2O3. The molecule has 24 heavy (non-hydrogen) atoms. The van der Waals surface area contributed by atoms with Gasteiger partial charge in [0, 0.05) is 17.4 Å². The van der Waals surface area contributed by atoms with Crippen molar-refractivity contribution < 1.29 is 14.3 Å². The molecule has 0 aliphatic heterocycles. The molecule has 1 aliphatic carbocycles. The highest BCUT2D eigenvalue weighted by molar-refractivity contribution is 5.94. The number of ether oxygens (including phenoxy) is 1. The summed E-state index contributed by atoms with van der Waals surface area (Å²) in [6, 6.07) is 7.39. The van der Waals surface area contributed by atoms with Crippen molar-refractivity contribution in [3.8, 4) is 5.75 Å². The highest BCUT2D eigenvalue weighted by Gasteiger charge is 2.31. The van der Waals surface area contributed by atoms with Crippen LogP contribution in [0.25, 0.3) is 0 Å². The molecule has 0 spiro atoms. The van der Waals surface area contributed by atoms with Gasteiger partial charge in [-0.2, -0.15) is 0 Å². The monoisotopic (exact) mass is 332 g/mol. The van der Waals surface area contributed by atoms with Gasteiger partial charge in [-0.25, -0.2) is 0 Å².